The Hall–Kier alpha value is -1.66. The molecule has 0 aliphatic heterocycles. The fourth-order valence-corrected chi connectivity index (χ4v) is 3.25. The van der Waals surface area contributed by atoms with Gasteiger partial charge in [0.2, 0.25) is 10.0 Å². The minimum Gasteiger partial charge on any atom is -0.478 e. The van der Waals surface area contributed by atoms with Gasteiger partial charge in [-0.15, -0.1) is 0 Å². The molecule has 0 aromatic heterocycles. The van der Waals surface area contributed by atoms with Gasteiger partial charge in [0, 0.05) is 12.1 Å². The molecule has 0 spiro atoms. The number of carboxylic acids is 1. The van der Waals surface area contributed by atoms with Gasteiger partial charge >= 0.3 is 5.97 Å². The highest BCUT2D eigenvalue weighted by Crippen LogP contribution is 2.24. The van der Waals surface area contributed by atoms with Gasteiger partial charge in [-0.25, -0.2) is 17.9 Å². The Kier molecular flexibility index (Phi) is 3.73. The van der Waals surface area contributed by atoms with Gasteiger partial charge in [-0.3, -0.25) is 0 Å². The van der Waals surface area contributed by atoms with Crippen LogP contribution in [0, 0.1) is 6.92 Å². The van der Waals surface area contributed by atoms with E-state index in [1.807, 2.05) is 0 Å². The quantitative estimate of drug-likeness (QED) is 0.802. The van der Waals surface area contributed by atoms with Gasteiger partial charge < -0.3 is 5.11 Å². The van der Waals surface area contributed by atoms with Crippen LogP contribution in [-0.2, 0) is 14.8 Å². The Morgan fingerprint density at radius 1 is 1.42 bits per heavy atom. The van der Waals surface area contributed by atoms with Gasteiger partial charge in [-0.05, 0) is 43.0 Å². The Bertz CT molecular complexity index is 630. The smallest absolute Gasteiger partial charge is 0.328 e. The average molecular weight is 281 g/mol. The van der Waals surface area contributed by atoms with E-state index in [4.69, 9.17) is 5.11 Å². The molecular formula is C13H15NO4S. The molecule has 0 atom stereocenters. The summed E-state index contributed by atoms with van der Waals surface area (Å²) in [4.78, 5) is 10.7. The maximum absolute atomic E-state index is 12.1. The zero-order valence-electron chi connectivity index (χ0n) is 10.5. The summed E-state index contributed by atoms with van der Waals surface area (Å²) in [6, 6.07) is 4.88. The number of benzene rings is 1. The van der Waals surface area contributed by atoms with Crippen molar-refractivity contribution in [2.75, 3.05) is 0 Å². The second-order valence-corrected chi connectivity index (χ2v) is 6.27. The van der Waals surface area contributed by atoms with E-state index >= 15 is 0 Å². The Balaban J connectivity index is 2.33. The SMILES string of the molecule is Cc1ccc(C=CC(=O)O)cc1S(=O)(=O)NC1CC1. The van der Waals surface area contributed by atoms with Gasteiger partial charge in [0.15, 0.2) is 0 Å². The van der Waals surface area contributed by atoms with Crippen molar-refractivity contribution in [1.82, 2.24) is 4.72 Å². The number of hydrogen-bond donors (Lipinski definition) is 2. The van der Waals surface area contributed by atoms with E-state index in [2.05, 4.69) is 4.72 Å². The summed E-state index contributed by atoms with van der Waals surface area (Å²) < 4.78 is 26.9. The molecule has 0 unspecified atom stereocenters. The maximum atomic E-state index is 12.1. The van der Waals surface area contributed by atoms with Crippen LogP contribution in [0.5, 0.6) is 0 Å². The summed E-state index contributed by atoms with van der Waals surface area (Å²) >= 11 is 0. The molecule has 1 aromatic carbocycles. The fourth-order valence-electron chi connectivity index (χ4n) is 1.66. The molecule has 1 aliphatic carbocycles. The number of carbonyl (C=O) groups is 1. The molecule has 1 aliphatic rings. The molecule has 0 radical (unpaired) electrons. The molecule has 1 saturated carbocycles. The van der Waals surface area contributed by atoms with Gasteiger partial charge in [0.05, 0.1) is 4.90 Å². The molecule has 19 heavy (non-hydrogen) atoms. The number of aliphatic carboxylic acids is 1. The monoisotopic (exact) mass is 281 g/mol. The highest BCUT2D eigenvalue weighted by Gasteiger charge is 2.28. The highest BCUT2D eigenvalue weighted by atomic mass is 32.2. The summed E-state index contributed by atoms with van der Waals surface area (Å²) in [5.74, 6) is -1.07. The van der Waals surface area contributed by atoms with Gasteiger partial charge in [0.1, 0.15) is 0 Å². The van der Waals surface area contributed by atoms with Gasteiger partial charge in [-0.1, -0.05) is 12.1 Å². The number of nitrogens with one attached hydrogen (secondary N) is 1. The molecule has 0 amide bonds. The molecule has 0 saturated heterocycles. The number of aryl methyl sites for hydroxylation is 1. The standard InChI is InChI=1S/C13H15NO4S/c1-9-2-3-10(4-7-13(15)16)8-12(9)19(17,18)14-11-5-6-11/h2-4,7-8,11,14H,5-6H2,1H3,(H,15,16). The minimum atomic E-state index is -3.52. The maximum Gasteiger partial charge on any atom is 0.328 e. The van der Waals surface area contributed by atoms with Crippen molar-refractivity contribution < 1.29 is 18.3 Å². The third-order valence-corrected chi connectivity index (χ3v) is 4.48. The summed E-state index contributed by atoms with van der Waals surface area (Å²) in [6.07, 6.45) is 4.10. The Morgan fingerprint density at radius 3 is 2.68 bits per heavy atom. The van der Waals surface area contributed by atoms with Crippen molar-refractivity contribution in [1.29, 1.82) is 0 Å². The average Bonchev–Trinajstić information content (AvgIpc) is 3.10. The van der Waals surface area contributed by atoms with Crippen LogP contribution in [0.1, 0.15) is 24.0 Å². The van der Waals surface area contributed by atoms with E-state index < -0.39 is 16.0 Å². The lowest BCUT2D eigenvalue weighted by Crippen LogP contribution is -2.26. The lowest BCUT2D eigenvalue weighted by atomic mass is 10.1. The molecular weight excluding hydrogens is 266 g/mol. The first-order chi connectivity index (χ1) is 8.88. The van der Waals surface area contributed by atoms with Crippen LogP contribution in [0.2, 0.25) is 0 Å². The van der Waals surface area contributed by atoms with E-state index in [0.717, 1.165) is 18.9 Å². The summed E-state index contributed by atoms with van der Waals surface area (Å²) in [5.41, 5.74) is 1.18. The first-order valence-electron chi connectivity index (χ1n) is 5.92. The zero-order valence-corrected chi connectivity index (χ0v) is 11.3. The zero-order chi connectivity index (χ0) is 14.0. The predicted molar refractivity (Wildman–Crippen MR) is 71.2 cm³/mol. The molecule has 2 N–H and O–H groups in total. The molecule has 5 nitrogen and oxygen atoms in total. The van der Waals surface area contributed by atoms with E-state index in [-0.39, 0.29) is 10.9 Å². The van der Waals surface area contributed by atoms with Crippen LogP contribution in [0.25, 0.3) is 6.08 Å². The minimum absolute atomic E-state index is 0.0441. The van der Waals surface area contributed by atoms with Crippen LogP contribution < -0.4 is 4.72 Å². The third-order valence-electron chi connectivity index (χ3n) is 2.82. The van der Waals surface area contributed by atoms with E-state index in [0.29, 0.717) is 11.1 Å². The fraction of sp³-hybridized carbons (Fsp3) is 0.308. The van der Waals surface area contributed by atoms with E-state index in [1.54, 1.807) is 19.1 Å². The van der Waals surface area contributed by atoms with Crippen molar-refractivity contribution in [3.8, 4) is 0 Å². The number of carboxylic acid groups (broad SMARTS) is 1. The van der Waals surface area contributed by atoms with Crippen molar-refractivity contribution in [3.63, 3.8) is 0 Å². The van der Waals surface area contributed by atoms with Crippen LogP contribution in [0.4, 0.5) is 0 Å². The summed E-state index contributed by atoms with van der Waals surface area (Å²) in [6.45, 7) is 1.71. The second kappa shape index (κ2) is 5.14. The predicted octanol–water partition coefficient (Wildman–Crippen LogP) is 1.53. The van der Waals surface area contributed by atoms with Crippen LogP contribution >= 0.6 is 0 Å². The van der Waals surface area contributed by atoms with E-state index in [9.17, 15) is 13.2 Å². The molecule has 1 fully saturated rings. The highest BCUT2D eigenvalue weighted by molar-refractivity contribution is 7.89. The Labute approximate surface area is 112 Å². The van der Waals surface area contributed by atoms with Crippen molar-refractivity contribution >= 4 is 22.1 Å². The number of sulfonamides is 1. The van der Waals surface area contributed by atoms with Gasteiger partial charge in [0.25, 0.3) is 0 Å². The van der Waals surface area contributed by atoms with Crippen molar-refractivity contribution in [3.05, 3.63) is 35.4 Å². The van der Waals surface area contributed by atoms with E-state index in [1.165, 1.54) is 12.1 Å². The normalized spacial score (nSPS) is 15.8. The second-order valence-electron chi connectivity index (χ2n) is 4.59. The molecule has 2 rings (SSSR count). The number of hydrogen-bond acceptors (Lipinski definition) is 3. The third kappa shape index (κ3) is 3.65. The topological polar surface area (TPSA) is 83.5 Å². The van der Waals surface area contributed by atoms with Crippen LogP contribution in [0.3, 0.4) is 0 Å². The first-order valence-corrected chi connectivity index (χ1v) is 7.41. The Morgan fingerprint density at radius 2 is 2.11 bits per heavy atom. The van der Waals surface area contributed by atoms with Crippen molar-refractivity contribution in [2.45, 2.75) is 30.7 Å². The molecule has 0 bridgehead atoms. The summed E-state index contributed by atoms with van der Waals surface area (Å²) in [7, 11) is -3.52. The first kappa shape index (κ1) is 13.8. The van der Waals surface area contributed by atoms with Crippen molar-refractivity contribution in [2.24, 2.45) is 0 Å². The number of rotatable bonds is 5. The van der Waals surface area contributed by atoms with Gasteiger partial charge in [-0.2, -0.15) is 0 Å². The molecule has 1 aromatic rings. The lowest BCUT2D eigenvalue weighted by Gasteiger charge is -2.09. The van der Waals surface area contributed by atoms with Crippen LogP contribution in [-0.4, -0.2) is 25.5 Å². The summed E-state index contributed by atoms with van der Waals surface area (Å²) in [5, 5.41) is 8.57. The van der Waals surface area contributed by atoms with Crippen LogP contribution in [0.15, 0.2) is 29.2 Å². The lowest BCUT2D eigenvalue weighted by molar-refractivity contribution is -0.131. The molecule has 0 heterocycles. The molecule has 102 valence electrons. The molecule has 6 heteroatoms. The largest absolute Gasteiger partial charge is 0.478 e.